The van der Waals surface area contributed by atoms with Gasteiger partial charge in [-0.3, -0.25) is 9.35 Å². The van der Waals surface area contributed by atoms with Gasteiger partial charge in [0.05, 0.1) is 28.4 Å². The fraction of sp³-hybridized carbons (Fsp3) is 0.115. The zero-order valence-electron chi connectivity index (χ0n) is 20.1. The molecule has 38 heavy (non-hydrogen) atoms. The minimum Gasteiger partial charge on any atom is -0.505 e. The second kappa shape index (κ2) is 11.0. The number of nitrogens with zero attached hydrogens (tertiary/aromatic N) is 2. The van der Waals surface area contributed by atoms with Gasteiger partial charge in [0.25, 0.3) is 16.0 Å². The normalized spacial score (nSPS) is 11.7. The van der Waals surface area contributed by atoms with E-state index < -0.39 is 26.7 Å². The van der Waals surface area contributed by atoms with E-state index >= 15 is 0 Å². The number of fused-ring (bicyclic) bond motifs is 1. The Bertz CT molecular complexity index is 1710. The SMILES string of the molecule is CCc1ccc(S(=O)(=O)O)c(Cl)c1N=Nc1c(O)c(C(=O)Nc2ccc(OC)cc2Cl)cc2ccccc12. The highest BCUT2D eigenvalue weighted by Crippen LogP contribution is 2.42. The van der Waals surface area contributed by atoms with Crippen LogP contribution >= 0.6 is 23.2 Å². The topological polar surface area (TPSA) is 138 Å². The van der Waals surface area contributed by atoms with Crippen LogP contribution in [0.4, 0.5) is 17.1 Å². The summed E-state index contributed by atoms with van der Waals surface area (Å²) in [4.78, 5) is 12.6. The van der Waals surface area contributed by atoms with E-state index in [1.54, 1.807) is 43.3 Å². The molecule has 12 heteroatoms. The van der Waals surface area contributed by atoms with Gasteiger partial charge in [-0.15, -0.1) is 10.2 Å². The Kier molecular flexibility index (Phi) is 7.89. The van der Waals surface area contributed by atoms with Crippen LogP contribution in [0.25, 0.3) is 10.8 Å². The molecule has 196 valence electrons. The van der Waals surface area contributed by atoms with E-state index in [2.05, 4.69) is 15.5 Å². The highest BCUT2D eigenvalue weighted by molar-refractivity contribution is 7.86. The molecule has 0 radical (unpaired) electrons. The smallest absolute Gasteiger partial charge is 0.296 e. The molecule has 3 N–H and O–H groups in total. The van der Waals surface area contributed by atoms with E-state index in [0.717, 1.165) is 0 Å². The predicted molar refractivity (Wildman–Crippen MR) is 146 cm³/mol. The molecule has 0 aliphatic rings. The number of hydrogen-bond acceptors (Lipinski definition) is 7. The first-order valence-corrected chi connectivity index (χ1v) is 13.3. The van der Waals surface area contributed by atoms with Crippen LogP contribution < -0.4 is 10.1 Å². The molecule has 0 aliphatic heterocycles. The summed E-state index contributed by atoms with van der Waals surface area (Å²) in [5.74, 6) is -0.612. The lowest BCUT2D eigenvalue weighted by Gasteiger charge is -2.13. The molecule has 4 aromatic rings. The summed E-state index contributed by atoms with van der Waals surface area (Å²) in [6.45, 7) is 1.81. The molecule has 1 amide bonds. The molecule has 9 nitrogen and oxygen atoms in total. The van der Waals surface area contributed by atoms with Gasteiger partial charge in [-0.2, -0.15) is 8.42 Å². The van der Waals surface area contributed by atoms with Gasteiger partial charge in [-0.1, -0.05) is 60.5 Å². The molecular formula is C26H21Cl2N3O6S. The van der Waals surface area contributed by atoms with Gasteiger partial charge in [0.15, 0.2) is 5.75 Å². The van der Waals surface area contributed by atoms with Crippen molar-refractivity contribution < 1.29 is 27.6 Å². The number of amides is 1. The average Bonchev–Trinajstić information content (AvgIpc) is 2.88. The summed E-state index contributed by atoms with van der Waals surface area (Å²) >= 11 is 12.5. The molecule has 0 fully saturated rings. The quantitative estimate of drug-likeness (QED) is 0.156. The molecule has 0 aromatic heterocycles. The number of phenols is 1. The van der Waals surface area contributed by atoms with Gasteiger partial charge < -0.3 is 15.2 Å². The third-order valence-corrected chi connectivity index (χ3v) is 7.44. The third kappa shape index (κ3) is 5.44. The van der Waals surface area contributed by atoms with E-state index in [1.807, 2.05) is 0 Å². The van der Waals surface area contributed by atoms with E-state index in [4.69, 9.17) is 27.9 Å². The number of rotatable bonds is 7. The van der Waals surface area contributed by atoms with Crippen LogP contribution in [0.15, 0.2) is 75.8 Å². The van der Waals surface area contributed by atoms with E-state index in [9.17, 15) is 22.9 Å². The molecule has 0 bridgehead atoms. The first-order chi connectivity index (χ1) is 18.0. The lowest BCUT2D eigenvalue weighted by Crippen LogP contribution is -2.12. The molecule has 4 aromatic carbocycles. The van der Waals surface area contributed by atoms with Crippen molar-refractivity contribution in [1.29, 1.82) is 0 Å². The molecule has 0 atom stereocenters. The maximum atomic E-state index is 13.2. The van der Waals surface area contributed by atoms with Crippen LogP contribution in [0, 0.1) is 0 Å². The summed E-state index contributed by atoms with van der Waals surface area (Å²) in [6.07, 6.45) is 0.428. The molecule has 0 saturated heterocycles. The second-order valence-electron chi connectivity index (χ2n) is 8.06. The zero-order valence-corrected chi connectivity index (χ0v) is 22.4. The lowest BCUT2D eigenvalue weighted by atomic mass is 10.0. The number of carbonyl (C=O) groups excluding carboxylic acids is 1. The molecule has 0 saturated carbocycles. The molecule has 0 spiro atoms. The Labute approximate surface area is 228 Å². The number of anilines is 1. The highest BCUT2D eigenvalue weighted by Gasteiger charge is 2.22. The maximum Gasteiger partial charge on any atom is 0.296 e. The Balaban J connectivity index is 1.83. The van der Waals surface area contributed by atoms with Crippen molar-refractivity contribution in [3.8, 4) is 11.5 Å². The predicted octanol–water partition coefficient (Wildman–Crippen LogP) is 7.34. The molecule has 0 unspecified atom stereocenters. The van der Waals surface area contributed by atoms with Crippen LogP contribution in [0.3, 0.4) is 0 Å². The number of hydrogen-bond donors (Lipinski definition) is 3. The zero-order chi connectivity index (χ0) is 27.6. The number of ether oxygens (including phenoxy) is 1. The maximum absolute atomic E-state index is 13.2. The summed E-state index contributed by atoms with van der Waals surface area (Å²) in [6, 6.07) is 15.8. The van der Waals surface area contributed by atoms with Crippen LogP contribution in [-0.4, -0.2) is 31.1 Å². The average molecular weight is 574 g/mol. The lowest BCUT2D eigenvalue weighted by molar-refractivity contribution is 0.102. The third-order valence-electron chi connectivity index (χ3n) is 5.74. The first-order valence-electron chi connectivity index (χ1n) is 11.1. The largest absolute Gasteiger partial charge is 0.505 e. The van der Waals surface area contributed by atoms with Gasteiger partial charge in [-0.25, -0.2) is 0 Å². The van der Waals surface area contributed by atoms with Crippen molar-refractivity contribution in [2.45, 2.75) is 18.2 Å². The monoisotopic (exact) mass is 573 g/mol. The highest BCUT2D eigenvalue weighted by atomic mass is 35.5. The van der Waals surface area contributed by atoms with Gasteiger partial charge in [0.2, 0.25) is 0 Å². The summed E-state index contributed by atoms with van der Waals surface area (Å²) < 4.78 is 38.1. The standard InChI is InChI=1S/C26H21Cl2N3O6S/c1-3-14-8-11-21(38(34,35)36)22(28)23(14)30-31-24-17-7-5-4-6-15(17)12-18(25(24)32)26(33)29-20-10-9-16(37-2)13-19(20)27/h4-13,32H,3H2,1-2H3,(H,29,33)(H,34,35,36). The number of phenolic OH excluding ortho intramolecular Hbond substituents is 1. The number of methoxy groups -OCH3 is 1. The number of benzene rings is 4. The van der Waals surface area contributed by atoms with Gasteiger partial charge in [0.1, 0.15) is 22.0 Å². The summed E-state index contributed by atoms with van der Waals surface area (Å²) in [5.41, 5.74) is 0.725. The van der Waals surface area contributed by atoms with Crippen molar-refractivity contribution in [1.82, 2.24) is 0 Å². The number of aryl methyl sites for hydroxylation is 1. The van der Waals surface area contributed by atoms with E-state index in [1.165, 1.54) is 31.4 Å². The van der Waals surface area contributed by atoms with Crippen molar-refractivity contribution in [3.05, 3.63) is 81.8 Å². The van der Waals surface area contributed by atoms with Crippen molar-refractivity contribution in [3.63, 3.8) is 0 Å². The minimum atomic E-state index is -4.62. The molecular weight excluding hydrogens is 553 g/mol. The van der Waals surface area contributed by atoms with Gasteiger partial charge in [0, 0.05) is 11.5 Å². The Morgan fingerprint density at radius 2 is 1.74 bits per heavy atom. The number of aromatic hydroxyl groups is 1. The Morgan fingerprint density at radius 3 is 2.39 bits per heavy atom. The minimum absolute atomic E-state index is 0.00708. The first kappa shape index (κ1) is 27.3. The van der Waals surface area contributed by atoms with Crippen LogP contribution in [0.2, 0.25) is 10.0 Å². The van der Waals surface area contributed by atoms with Crippen molar-refractivity contribution >= 4 is 67.1 Å². The van der Waals surface area contributed by atoms with Crippen LogP contribution in [-0.2, 0) is 16.5 Å². The number of carbonyl (C=O) groups is 1. The molecule has 4 rings (SSSR count). The summed E-state index contributed by atoms with van der Waals surface area (Å²) in [7, 11) is -3.13. The van der Waals surface area contributed by atoms with E-state index in [-0.39, 0.29) is 27.0 Å². The second-order valence-corrected chi connectivity index (χ2v) is 10.2. The van der Waals surface area contributed by atoms with Gasteiger partial charge >= 0.3 is 0 Å². The van der Waals surface area contributed by atoms with Crippen LogP contribution in [0.1, 0.15) is 22.8 Å². The number of nitrogens with one attached hydrogen (secondary N) is 1. The Morgan fingerprint density at radius 1 is 1.03 bits per heavy atom. The van der Waals surface area contributed by atoms with Crippen molar-refractivity contribution in [2.75, 3.05) is 12.4 Å². The van der Waals surface area contributed by atoms with Crippen molar-refractivity contribution in [2.24, 2.45) is 10.2 Å². The fourth-order valence-electron chi connectivity index (χ4n) is 3.78. The van der Waals surface area contributed by atoms with Gasteiger partial charge in [-0.05, 0) is 41.6 Å². The summed E-state index contributed by atoms with van der Waals surface area (Å²) in [5, 5.41) is 23.1. The number of halogens is 2. The fourth-order valence-corrected chi connectivity index (χ4v) is 5.08. The number of azo groups is 1. The van der Waals surface area contributed by atoms with Crippen LogP contribution in [0.5, 0.6) is 11.5 Å². The Hall–Kier alpha value is -3.70. The molecule has 0 heterocycles. The van der Waals surface area contributed by atoms with E-state index in [0.29, 0.717) is 34.2 Å². The molecule has 0 aliphatic carbocycles.